The number of rotatable bonds is 7. The summed E-state index contributed by atoms with van der Waals surface area (Å²) in [6, 6.07) is 12.6. The van der Waals surface area contributed by atoms with Gasteiger partial charge in [0.15, 0.2) is 5.96 Å². The first kappa shape index (κ1) is 19.7. The topological polar surface area (TPSA) is 62.9 Å². The molecule has 0 aliphatic carbocycles. The average Bonchev–Trinajstić information content (AvgIpc) is 2.56. The Kier molecular flexibility index (Phi) is 6.97. The van der Waals surface area contributed by atoms with E-state index in [0.717, 1.165) is 17.0 Å². The molecule has 0 radical (unpaired) electrons. The summed E-state index contributed by atoms with van der Waals surface area (Å²) in [5.41, 5.74) is 8.17. The Morgan fingerprint density at radius 1 is 1.19 bits per heavy atom. The predicted molar refractivity (Wildman–Crippen MR) is 105 cm³/mol. The summed E-state index contributed by atoms with van der Waals surface area (Å²) in [5.74, 6) is 0.855. The fourth-order valence-corrected chi connectivity index (χ4v) is 2.41. The molecule has 0 aliphatic rings. The Bertz CT molecular complexity index is 742. The first-order valence-corrected chi connectivity index (χ1v) is 8.59. The normalized spacial score (nSPS) is 11.9. The standard InChI is InChI=1S/C20H27FN4O/c1-14(2)26-18-9-7-17(8-10-18)24-20(22)23-12-15-5-6-16(13-25(3)4)19(21)11-15/h5-11,14H,12-13H2,1-4H3,(H3,22,23,24). The summed E-state index contributed by atoms with van der Waals surface area (Å²) in [7, 11) is 3.82. The molecule has 0 saturated carbocycles. The quantitative estimate of drug-likeness (QED) is 0.586. The Morgan fingerprint density at radius 2 is 1.88 bits per heavy atom. The third kappa shape index (κ3) is 6.37. The van der Waals surface area contributed by atoms with E-state index in [2.05, 4.69) is 10.3 Å². The number of nitrogens with one attached hydrogen (secondary N) is 1. The van der Waals surface area contributed by atoms with E-state index < -0.39 is 0 Å². The molecule has 0 aromatic heterocycles. The van der Waals surface area contributed by atoms with Crippen molar-refractivity contribution in [2.45, 2.75) is 33.0 Å². The highest BCUT2D eigenvalue weighted by Crippen LogP contribution is 2.17. The highest BCUT2D eigenvalue weighted by molar-refractivity contribution is 5.92. The molecule has 0 unspecified atom stereocenters. The van der Waals surface area contributed by atoms with Crippen molar-refractivity contribution < 1.29 is 9.13 Å². The largest absolute Gasteiger partial charge is 0.491 e. The third-order valence-corrected chi connectivity index (χ3v) is 3.53. The molecule has 2 rings (SSSR count). The molecule has 0 aliphatic heterocycles. The summed E-state index contributed by atoms with van der Waals surface area (Å²) in [6.45, 7) is 4.83. The molecule has 0 fully saturated rings. The maximum atomic E-state index is 14.1. The van der Waals surface area contributed by atoms with Gasteiger partial charge in [0.25, 0.3) is 0 Å². The highest BCUT2D eigenvalue weighted by atomic mass is 19.1. The number of halogens is 1. The minimum atomic E-state index is -0.223. The number of anilines is 1. The number of nitrogens with two attached hydrogens (primary N) is 1. The summed E-state index contributed by atoms with van der Waals surface area (Å²) in [6.07, 6.45) is 0.130. The first-order valence-electron chi connectivity index (χ1n) is 8.59. The van der Waals surface area contributed by atoms with Crippen molar-refractivity contribution in [3.05, 3.63) is 59.4 Å². The molecule has 0 atom stereocenters. The second kappa shape index (κ2) is 9.20. The lowest BCUT2D eigenvalue weighted by molar-refractivity contribution is 0.242. The smallest absolute Gasteiger partial charge is 0.193 e. The highest BCUT2D eigenvalue weighted by Gasteiger charge is 2.05. The van der Waals surface area contributed by atoms with Crippen molar-refractivity contribution in [2.75, 3.05) is 19.4 Å². The van der Waals surface area contributed by atoms with Crippen LogP contribution in [0.5, 0.6) is 5.75 Å². The molecule has 3 N–H and O–H groups in total. The molecule has 0 saturated heterocycles. The van der Waals surface area contributed by atoms with Crippen molar-refractivity contribution in [2.24, 2.45) is 10.7 Å². The average molecular weight is 358 g/mol. The van der Waals surface area contributed by atoms with Crippen LogP contribution in [0.15, 0.2) is 47.5 Å². The molecular formula is C20H27FN4O. The number of hydrogen-bond acceptors (Lipinski definition) is 3. The molecule has 0 bridgehead atoms. The molecule has 26 heavy (non-hydrogen) atoms. The third-order valence-electron chi connectivity index (χ3n) is 3.53. The lowest BCUT2D eigenvalue weighted by Crippen LogP contribution is -2.22. The molecule has 0 spiro atoms. The van der Waals surface area contributed by atoms with Gasteiger partial charge in [-0.15, -0.1) is 0 Å². The van der Waals surface area contributed by atoms with Crippen LogP contribution in [0.25, 0.3) is 0 Å². The van der Waals surface area contributed by atoms with Gasteiger partial charge in [0.2, 0.25) is 0 Å². The molecule has 6 heteroatoms. The molecule has 2 aromatic carbocycles. The van der Waals surface area contributed by atoms with Gasteiger partial charge in [0.05, 0.1) is 12.6 Å². The van der Waals surface area contributed by atoms with Crippen LogP contribution < -0.4 is 15.8 Å². The van der Waals surface area contributed by atoms with Crippen molar-refractivity contribution in [3.8, 4) is 5.75 Å². The summed E-state index contributed by atoms with van der Waals surface area (Å²) in [5, 5.41) is 3.02. The lowest BCUT2D eigenvalue weighted by Gasteiger charge is -2.11. The van der Waals surface area contributed by atoms with Gasteiger partial charge >= 0.3 is 0 Å². The Balaban J connectivity index is 1.94. The van der Waals surface area contributed by atoms with Crippen molar-refractivity contribution in [3.63, 3.8) is 0 Å². The number of ether oxygens (including phenoxy) is 1. The van der Waals surface area contributed by atoms with Gasteiger partial charge in [-0.25, -0.2) is 9.38 Å². The van der Waals surface area contributed by atoms with Gasteiger partial charge in [-0.1, -0.05) is 12.1 Å². The van der Waals surface area contributed by atoms with E-state index in [0.29, 0.717) is 18.7 Å². The van der Waals surface area contributed by atoms with Gasteiger partial charge in [-0.2, -0.15) is 0 Å². The second-order valence-electron chi connectivity index (χ2n) is 6.68. The fraction of sp³-hybridized carbons (Fsp3) is 0.350. The van der Waals surface area contributed by atoms with Gasteiger partial charge in [-0.3, -0.25) is 0 Å². The minimum Gasteiger partial charge on any atom is -0.491 e. The predicted octanol–water partition coefficient (Wildman–Crippen LogP) is 3.60. The van der Waals surface area contributed by atoms with Crippen molar-refractivity contribution in [1.29, 1.82) is 0 Å². The zero-order valence-electron chi connectivity index (χ0n) is 15.8. The molecule has 5 nitrogen and oxygen atoms in total. The lowest BCUT2D eigenvalue weighted by atomic mass is 10.1. The van der Waals surface area contributed by atoms with Crippen LogP contribution in [0, 0.1) is 5.82 Å². The zero-order chi connectivity index (χ0) is 19.1. The van der Waals surface area contributed by atoms with Crippen LogP contribution >= 0.6 is 0 Å². The first-order chi connectivity index (χ1) is 12.3. The van der Waals surface area contributed by atoms with Gasteiger partial charge < -0.3 is 20.7 Å². The Morgan fingerprint density at radius 3 is 2.46 bits per heavy atom. The van der Waals surface area contributed by atoms with Crippen LogP contribution in [0.4, 0.5) is 10.1 Å². The zero-order valence-corrected chi connectivity index (χ0v) is 15.8. The van der Waals surface area contributed by atoms with Gasteiger partial charge in [0.1, 0.15) is 11.6 Å². The number of hydrogen-bond donors (Lipinski definition) is 2. The van der Waals surface area contributed by atoms with E-state index >= 15 is 0 Å². The van der Waals surface area contributed by atoms with E-state index in [1.54, 1.807) is 6.07 Å². The maximum Gasteiger partial charge on any atom is 0.193 e. The number of nitrogens with zero attached hydrogens (tertiary/aromatic N) is 2. The van der Waals surface area contributed by atoms with E-state index in [9.17, 15) is 4.39 Å². The van der Waals surface area contributed by atoms with Crippen LogP contribution in [0.2, 0.25) is 0 Å². The maximum absolute atomic E-state index is 14.1. The van der Waals surface area contributed by atoms with Crippen LogP contribution in [-0.4, -0.2) is 31.1 Å². The molecule has 0 amide bonds. The number of benzene rings is 2. The van der Waals surface area contributed by atoms with Crippen molar-refractivity contribution in [1.82, 2.24) is 4.90 Å². The van der Waals surface area contributed by atoms with Gasteiger partial charge in [-0.05, 0) is 63.8 Å². The summed E-state index contributed by atoms with van der Waals surface area (Å²) in [4.78, 5) is 6.19. The summed E-state index contributed by atoms with van der Waals surface area (Å²) >= 11 is 0. The Hall–Kier alpha value is -2.60. The monoisotopic (exact) mass is 358 g/mol. The van der Waals surface area contributed by atoms with E-state index in [-0.39, 0.29) is 17.9 Å². The van der Waals surface area contributed by atoms with Crippen LogP contribution in [0.3, 0.4) is 0 Å². The SMILES string of the molecule is CC(C)Oc1ccc(NC(N)=NCc2ccc(CN(C)C)c(F)c2)cc1. The molecule has 0 heterocycles. The fourth-order valence-electron chi connectivity index (χ4n) is 2.41. The van der Waals surface area contributed by atoms with Crippen LogP contribution in [-0.2, 0) is 13.1 Å². The van der Waals surface area contributed by atoms with Gasteiger partial charge in [0, 0.05) is 17.8 Å². The molecular weight excluding hydrogens is 331 g/mol. The number of aliphatic imine (C=N–C) groups is 1. The van der Waals surface area contributed by atoms with E-state index in [1.807, 2.05) is 63.2 Å². The molecule has 2 aromatic rings. The summed E-state index contributed by atoms with van der Waals surface area (Å²) < 4.78 is 19.7. The molecule has 140 valence electrons. The number of guanidine groups is 1. The second-order valence-corrected chi connectivity index (χ2v) is 6.68. The minimum absolute atomic E-state index is 0.130. The van der Waals surface area contributed by atoms with E-state index in [1.165, 1.54) is 6.07 Å². The van der Waals surface area contributed by atoms with Crippen molar-refractivity contribution >= 4 is 11.6 Å². The van der Waals surface area contributed by atoms with E-state index in [4.69, 9.17) is 10.5 Å². The Labute approximate surface area is 154 Å². The van der Waals surface area contributed by atoms with Crippen LogP contribution in [0.1, 0.15) is 25.0 Å².